The van der Waals surface area contributed by atoms with Crippen molar-refractivity contribution in [1.82, 2.24) is 9.13 Å². The molecule has 0 fully saturated rings. The van der Waals surface area contributed by atoms with Gasteiger partial charge in [0.25, 0.3) is 5.56 Å². The smallest absolute Gasteiger partial charge is 0.357 e. The van der Waals surface area contributed by atoms with E-state index in [-0.39, 0.29) is 24.0 Å². The lowest BCUT2D eigenvalue weighted by molar-refractivity contribution is -0.140. The summed E-state index contributed by atoms with van der Waals surface area (Å²) in [6.07, 6.45) is 1.21. The number of aromatic nitrogens is 2. The van der Waals surface area contributed by atoms with E-state index >= 15 is 0 Å². The Morgan fingerprint density at radius 3 is 2.06 bits per heavy atom. The standard InChI is InChI=1S/C21H23N5O9/c1-7-8-25-14-15(23(2)21(32)24(3)16(14)28)26-10(17(29)33-4)9-11(27)12(18(30)34-5)13(19(31)35-6)22-20(25)26/h9H,7-8H2,1-6H3/b10-9-,13-12+,22-20?. The molecule has 0 atom stereocenters. The van der Waals surface area contributed by atoms with Crippen LogP contribution in [0, 0.1) is 0 Å². The Morgan fingerprint density at radius 2 is 1.51 bits per heavy atom. The van der Waals surface area contributed by atoms with Gasteiger partial charge in [0.1, 0.15) is 11.3 Å². The van der Waals surface area contributed by atoms with E-state index in [0.29, 0.717) is 6.42 Å². The highest BCUT2D eigenvalue weighted by molar-refractivity contribution is 6.30. The second-order valence-corrected chi connectivity index (χ2v) is 7.37. The quantitative estimate of drug-likeness (QED) is 0.275. The summed E-state index contributed by atoms with van der Waals surface area (Å²) >= 11 is 0. The van der Waals surface area contributed by atoms with Crippen LogP contribution in [0.5, 0.6) is 0 Å². The number of guanidine groups is 1. The highest BCUT2D eigenvalue weighted by atomic mass is 16.5. The van der Waals surface area contributed by atoms with Crippen LogP contribution in [-0.2, 0) is 47.5 Å². The number of ether oxygens (including phenoxy) is 3. The Bertz CT molecular complexity index is 1360. The largest absolute Gasteiger partial charge is 0.465 e. The molecular weight excluding hydrogens is 466 g/mol. The van der Waals surface area contributed by atoms with Gasteiger partial charge in [0.2, 0.25) is 5.96 Å². The Hall–Kier alpha value is -4.49. The van der Waals surface area contributed by atoms with Gasteiger partial charge in [-0.05, 0) is 6.42 Å². The van der Waals surface area contributed by atoms with E-state index in [2.05, 4.69) is 9.73 Å². The number of hydrogen-bond donors (Lipinski definition) is 0. The highest BCUT2D eigenvalue weighted by Crippen LogP contribution is 2.38. The number of nitrogens with zero attached hydrogens (tertiary/aromatic N) is 5. The average Bonchev–Trinajstić information content (AvgIpc) is 3.15. The van der Waals surface area contributed by atoms with E-state index in [1.165, 1.54) is 19.0 Å². The van der Waals surface area contributed by atoms with E-state index in [9.17, 15) is 28.8 Å². The molecule has 186 valence electrons. The number of aliphatic imine (C=N–C) groups is 1. The van der Waals surface area contributed by atoms with Crippen LogP contribution in [0.4, 0.5) is 11.5 Å². The number of hydrogen-bond acceptors (Lipinski definition) is 12. The van der Waals surface area contributed by atoms with E-state index in [1.54, 1.807) is 6.92 Å². The van der Waals surface area contributed by atoms with Crippen molar-refractivity contribution in [3.8, 4) is 0 Å². The van der Waals surface area contributed by atoms with Crippen molar-refractivity contribution >= 4 is 41.2 Å². The molecule has 14 nitrogen and oxygen atoms in total. The molecule has 14 heteroatoms. The van der Waals surface area contributed by atoms with Crippen molar-refractivity contribution in [3.05, 3.63) is 43.9 Å². The van der Waals surface area contributed by atoms with Gasteiger partial charge in [0, 0.05) is 26.7 Å². The SMILES string of the molecule is CCCN1C2=N/C(C(=O)OC)=C(/C(=O)OC)C(=O)/C=C(/C(=O)OC)N2c2c1c(=O)n(C)c(=O)n2C. The Kier molecular flexibility index (Phi) is 6.75. The molecule has 0 aromatic carbocycles. The van der Waals surface area contributed by atoms with Crippen LogP contribution < -0.4 is 21.0 Å². The summed E-state index contributed by atoms with van der Waals surface area (Å²) in [5, 5.41) is 0. The maximum atomic E-state index is 13.2. The van der Waals surface area contributed by atoms with E-state index in [1.807, 2.05) is 0 Å². The lowest BCUT2D eigenvalue weighted by atomic mass is 10.1. The van der Waals surface area contributed by atoms with Crippen LogP contribution in [0.15, 0.2) is 37.6 Å². The Labute approximate surface area is 198 Å². The zero-order chi connectivity index (χ0) is 26.2. The molecule has 0 saturated heterocycles. The molecule has 1 aromatic rings. The molecule has 3 heterocycles. The maximum Gasteiger partial charge on any atom is 0.357 e. The van der Waals surface area contributed by atoms with Crippen molar-refractivity contribution in [1.29, 1.82) is 0 Å². The van der Waals surface area contributed by atoms with Gasteiger partial charge in [-0.3, -0.25) is 23.6 Å². The number of carbonyl (C=O) groups excluding carboxylic acids is 4. The molecule has 2 aliphatic heterocycles. The van der Waals surface area contributed by atoms with Gasteiger partial charge in [-0.2, -0.15) is 0 Å². The first-order valence-electron chi connectivity index (χ1n) is 10.3. The number of ketones is 1. The van der Waals surface area contributed by atoms with Crippen LogP contribution in [0.2, 0.25) is 0 Å². The Balaban J connectivity index is 2.59. The third kappa shape index (κ3) is 3.82. The van der Waals surface area contributed by atoms with Gasteiger partial charge in [-0.1, -0.05) is 6.92 Å². The molecule has 0 saturated carbocycles. The lowest BCUT2D eigenvalue weighted by Gasteiger charge is -2.26. The van der Waals surface area contributed by atoms with Crippen LogP contribution in [-0.4, -0.2) is 66.7 Å². The highest BCUT2D eigenvalue weighted by Gasteiger charge is 2.45. The number of methoxy groups -OCH3 is 3. The summed E-state index contributed by atoms with van der Waals surface area (Å²) in [7, 11) is 5.72. The fraction of sp³-hybridized carbons (Fsp3) is 0.381. The minimum Gasteiger partial charge on any atom is -0.465 e. The van der Waals surface area contributed by atoms with Gasteiger partial charge in [-0.15, -0.1) is 0 Å². The van der Waals surface area contributed by atoms with E-state index in [0.717, 1.165) is 41.4 Å². The van der Waals surface area contributed by atoms with Gasteiger partial charge in [-0.25, -0.2) is 24.2 Å². The summed E-state index contributed by atoms with van der Waals surface area (Å²) in [5.41, 5.74) is -3.42. The topological polar surface area (TPSA) is 159 Å². The molecule has 0 spiro atoms. The van der Waals surface area contributed by atoms with Crippen molar-refractivity contribution in [2.45, 2.75) is 13.3 Å². The normalized spacial score (nSPS) is 18.5. The number of fused-ring (bicyclic) bond motifs is 3. The maximum absolute atomic E-state index is 13.2. The van der Waals surface area contributed by atoms with Crippen molar-refractivity contribution in [3.63, 3.8) is 0 Å². The van der Waals surface area contributed by atoms with Crippen LogP contribution in [0.25, 0.3) is 0 Å². The van der Waals surface area contributed by atoms with Crippen molar-refractivity contribution in [2.24, 2.45) is 19.1 Å². The van der Waals surface area contributed by atoms with Crippen molar-refractivity contribution < 1.29 is 33.4 Å². The zero-order valence-corrected chi connectivity index (χ0v) is 19.9. The van der Waals surface area contributed by atoms with Gasteiger partial charge in [0.05, 0.1) is 21.3 Å². The second-order valence-electron chi connectivity index (χ2n) is 7.37. The summed E-state index contributed by atoms with van der Waals surface area (Å²) in [5.74, 6) is -4.77. The van der Waals surface area contributed by atoms with Crippen molar-refractivity contribution in [2.75, 3.05) is 37.7 Å². The minimum atomic E-state index is -1.20. The third-order valence-electron chi connectivity index (χ3n) is 5.35. The first-order valence-corrected chi connectivity index (χ1v) is 10.3. The molecule has 0 aliphatic carbocycles. The van der Waals surface area contributed by atoms with E-state index in [4.69, 9.17) is 9.47 Å². The number of allylic oxidation sites excluding steroid dienone is 1. The number of carbonyl (C=O) groups is 4. The van der Waals surface area contributed by atoms with Gasteiger partial charge < -0.3 is 19.1 Å². The summed E-state index contributed by atoms with van der Waals surface area (Å²) < 4.78 is 16.2. The fourth-order valence-corrected chi connectivity index (χ4v) is 3.72. The molecule has 0 unspecified atom stereocenters. The molecule has 1 aromatic heterocycles. The molecule has 0 radical (unpaired) electrons. The summed E-state index contributed by atoms with van der Waals surface area (Å²) in [6, 6.07) is 0. The zero-order valence-electron chi connectivity index (χ0n) is 19.9. The molecule has 35 heavy (non-hydrogen) atoms. The van der Waals surface area contributed by atoms with Gasteiger partial charge >= 0.3 is 23.6 Å². The minimum absolute atomic E-state index is 0.0387. The first-order chi connectivity index (χ1) is 16.5. The fourth-order valence-electron chi connectivity index (χ4n) is 3.72. The van der Waals surface area contributed by atoms with Crippen LogP contribution >= 0.6 is 0 Å². The molecule has 2 aliphatic rings. The number of esters is 3. The Morgan fingerprint density at radius 1 is 0.914 bits per heavy atom. The predicted molar refractivity (Wildman–Crippen MR) is 121 cm³/mol. The molecular formula is C21H23N5O9. The van der Waals surface area contributed by atoms with Gasteiger partial charge in [0.15, 0.2) is 23.0 Å². The predicted octanol–water partition coefficient (Wildman–Crippen LogP) is -1.28. The lowest BCUT2D eigenvalue weighted by Crippen LogP contribution is -2.43. The number of anilines is 2. The number of rotatable bonds is 5. The monoisotopic (exact) mass is 489 g/mol. The van der Waals surface area contributed by atoms with E-state index < -0.39 is 51.9 Å². The molecule has 0 bridgehead atoms. The summed E-state index contributed by atoms with van der Waals surface area (Å²) in [6.45, 7) is 1.95. The summed E-state index contributed by atoms with van der Waals surface area (Å²) in [4.78, 5) is 83.6. The first kappa shape index (κ1) is 25.1. The second kappa shape index (κ2) is 9.40. The molecule has 0 N–H and O–H groups in total. The van der Waals surface area contributed by atoms with Crippen LogP contribution in [0.3, 0.4) is 0 Å². The molecule has 0 amide bonds. The molecule has 3 rings (SSSR count). The van der Waals surface area contributed by atoms with Crippen LogP contribution in [0.1, 0.15) is 13.3 Å². The third-order valence-corrected chi connectivity index (χ3v) is 5.35. The average molecular weight is 489 g/mol.